The highest BCUT2D eigenvalue weighted by Crippen LogP contribution is 2.41. The number of nitrogens with two attached hydrogens (primary N) is 1. The molecule has 0 fully saturated rings. The van der Waals surface area contributed by atoms with Gasteiger partial charge in [-0.25, -0.2) is 0 Å². The molecule has 1 aliphatic heterocycles. The van der Waals surface area contributed by atoms with Gasteiger partial charge in [0.1, 0.15) is 5.75 Å². The summed E-state index contributed by atoms with van der Waals surface area (Å²) in [6.07, 6.45) is 0.824. The summed E-state index contributed by atoms with van der Waals surface area (Å²) in [6.45, 7) is 1.02. The first-order chi connectivity index (χ1) is 8.27. The lowest BCUT2D eigenvalue weighted by atomic mass is 10.0. The summed E-state index contributed by atoms with van der Waals surface area (Å²) in [6, 6.07) is 3.03. The fraction of sp³-hybridized carbons (Fsp3) is 0.500. The summed E-state index contributed by atoms with van der Waals surface area (Å²) >= 11 is 0. The van der Waals surface area contributed by atoms with Crippen LogP contribution in [0.4, 0.5) is 0 Å². The van der Waals surface area contributed by atoms with E-state index < -0.39 is 6.04 Å². The van der Waals surface area contributed by atoms with Crippen LogP contribution in [0.3, 0.4) is 0 Å². The molecule has 0 aliphatic carbocycles. The van der Waals surface area contributed by atoms with E-state index in [1.54, 1.807) is 19.2 Å². The third-order valence-electron chi connectivity index (χ3n) is 2.70. The van der Waals surface area contributed by atoms with Gasteiger partial charge in [0.2, 0.25) is 0 Å². The number of hydrogen-bond acceptors (Lipinski definition) is 5. The summed E-state index contributed by atoms with van der Waals surface area (Å²) in [7, 11) is 1.56. The van der Waals surface area contributed by atoms with Crippen LogP contribution in [0, 0.1) is 0 Å². The number of aliphatic hydroxyl groups excluding tert-OH is 1. The Kier molecular flexibility index (Phi) is 3.71. The molecule has 1 heterocycles. The van der Waals surface area contributed by atoms with Crippen molar-refractivity contribution in [2.45, 2.75) is 12.5 Å². The van der Waals surface area contributed by atoms with Gasteiger partial charge >= 0.3 is 0 Å². The Balaban J connectivity index is 2.50. The van der Waals surface area contributed by atoms with Gasteiger partial charge in [0, 0.05) is 6.42 Å². The third-order valence-corrected chi connectivity index (χ3v) is 2.70. The first-order valence-corrected chi connectivity index (χ1v) is 5.61. The summed E-state index contributed by atoms with van der Waals surface area (Å²) in [5.41, 5.74) is 6.54. The van der Waals surface area contributed by atoms with E-state index in [9.17, 15) is 5.11 Å². The molecule has 1 aromatic rings. The van der Waals surface area contributed by atoms with Crippen molar-refractivity contribution in [3.05, 3.63) is 17.7 Å². The van der Waals surface area contributed by atoms with Gasteiger partial charge in [-0.15, -0.1) is 0 Å². The second-order valence-corrected chi connectivity index (χ2v) is 3.85. The molecule has 5 heteroatoms. The maximum Gasteiger partial charge on any atom is 0.169 e. The fourth-order valence-corrected chi connectivity index (χ4v) is 1.86. The number of ether oxygens (including phenoxy) is 3. The molecule has 0 saturated carbocycles. The van der Waals surface area contributed by atoms with Crippen molar-refractivity contribution in [1.29, 1.82) is 0 Å². The topological polar surface area (TPSA) is 73.9 Å². The smallest absolute Gasteiger partial charge is 0.169 e. The molecular weight excluding hydrogens is 222 g/mol. The van der Waals surface area contributed by atoms with Crippen LogP contribution in [0.2, 0.25) is 0 Å². The molecule has 5 nitrogen and oxygen atoms in total. The Morgan fingerprint density at radius 3 is 2.88 bits per heavy atom. The molecule has 17 heavy (non-hydrogen) atoms. The molecule has 0 spiro atoms. The maximum atomic E-state index is 9.20. The zero-order chi connectivity index (χ0) is 12.3. The number of aliphatic hydroxyl groups is 1. The second-order valence-electron chi connectivity index (χ2n) is 3.85. The van der Waals surface area contributed by atoms with E-state index in [-0.39, 0.29) is 6.61 Å². The average molecular weight is 239 g/mol. The first kappa shape index (κ1) is 12.0. The molecule has 0 aromatic heterocycles. The Bertz CT molecular complexity index is 394. The molecule has 94 valence electrons. The predicted octanol–water partition coefficient (Wildman–Crippen LogP) is 0.849. The van der Waals surface area contributed by atoms with E-state index >= 15 is 0 Å². The number of fused-ring (bicyclic) bond motifs is 1. The van der Waals surface area contributed by atoms with Crippen LogP contribution in [0.25, 0.3) is 0 Å². The SMILES string of the molecule is COc1ccc2c(c1C(N)CO)OCCCO2. The Morgan fingerprint density at radius 2 is 2.18 bits per heavy atom. The number of rotatable bonds is 3. The molecule has 1 aromatic carbocycles. The van der Waals surface area contributed by atoms with Gasteiger partial charge < -0.3 is 25.1 Å². The molecule has 0 bridgehead atoms. The maximum absolute atomic E-state index is 9.20. The summed E-state index contributed by atoms with van der Waals surface area (Å²) < 4.78 is 16.5. The van der Waals surface area contributed by atoms with Crippen LogP contribution in [-0.4, -0.2) is 32.0 Å². The standard InChI is InChI=1S/C12H17NO4/c1-15-9-3-4-10-12(11(9)8(13)7-14)17-6-2-5-16-10/h3-4,8,14H,2,5-7,13H2,1H3. The Labute approximate surface area is 100 Å². The van der Waals surface area contributed by atoms with Crippen LogP contribution in [0.1, 0.15) is 18.0 Å². The predicted molar refractivity (Wildman–Crippen MR) is 62.6 cm³/mol. The fourth-order valence-electron chi connectivity index (χ4n) is 1.86. The highest BCUT2D eigenvalue weighted by atomic mass is 16.5. The molecule has 2 rings (SSSR count). The lowest BCUT2D eigenvalue weighted by molar-refractivity contribution is 0.256. The molecule has 1 aliphatic rings. The van der Waals surface area contributed by atoms with Crippen LogP contribution >= 0.6 is 0 Å². The molecular formula is C12H17NO4. The highest BCUT2D eigenvalue weighted by molar-refractivity contribution is 5.55. The van der Waals surface area contributed by atoms with Crippen LogP contribution in [0.15, 0.2) is 12.1 Å². The van der Waals surface area contributed by atoms with E-state index in [0.717, 1.165) is 6.42 Å². The summed E-state index contributed by atoms with van der Waals surface area (Å²) in [4.78, 5) is 0. The van der Waals surface area contributed by atoms with E-state index in [0.29, 0.717) is 36.0 Å². The lowest BCUT2D eigenvalue weighted by Gasteiger charge is -2.19. The molecule has 0 amide bonds. The van der Waals surface area contributed by atoms with Crippen molar-refractivity contribution in [1.82, 2.24) is 0 Å². The van der Waals surface area contributed by atoms with Crippen molar-refractivity contribution in [2.75, 3.05) is 26.9 Å². The minimum absolute atomic E-state index is 0.170. The number of hydrogen-bond donors (Lipinski definition) is 2. The van der Waals surface area contributed by atoms with Crippen LogP contribution in [-0.2, 0) is 0 Å². The van der Waals surface area contributed by atoms with Crippen molar-refractivity contribution < 1.29 is 19.3 Å². The quantitative estimate of drug-likeness (QED) is 0.818. The third kappa shape index (κ3) is 2.30. The van der Waals surface area contributed by atoms with Crippen molar-refractivity contribution in [3.63, 3.8) is 0 Å². The molecule has 3 N–H and O–H groups in total. The van der Waals surface area contributed by atoms with Gasteiger partial charge in [0.25, 0.3) is 0 Å². The molecule has 1 atom stereocenters. The molecule has 0 radical (unpaired) electrons. The van der Waals surface area contributed by atoms with Crippen molar-refractivity contribution in [2.24, 2.45) is 5.73 Å². The van der Waals surface area contributed by atoms with Crippen molar-refractivity contribution in [3.8, 4) is 17.2 Å². The monoisotopic (exact) mass is 239 g/mol. The minimum atomic E-state index is -0.540. The first-order valence-electron chi connectivity index (χ1n) is 5.61. The Morgan fingerprint density at radius 1 is 1.41 bits per heavy atom. The Hall–Kier alpha value is -1.46. The van der Waals surface area contributed by atoms with Gasteiger partial charge in [-0.2, -0.15) is 0 Å². The minimum Gasteiger partial charge on any atom is -0.496 e. The largest absolute Gasteiger partial charge is 0.496 e. The van der Waals surface area contributed by atoms with Crippen LogP contribution < -0.4 is 19.9 Å². The van der Waals surface area contributed by atoms with Gasteiger partial charge in [-0.1, -0.05) is 0 Å². The lowest BCUT2D eigenvalue weighted by Crippen LogP contribution is -2.17. The van der Waals surface area contributed by atoms with E-state index in [1.807, 2.05) is 0 Å². The van der Waals surface area contributed by atoms with Gasteiger partial charge in [-0.3, -0.25) is 0 Å². The van der Waals surface area contributed by atoms with E-state index in [1.165, 1.54) is 0 Å². The zero-order valence-corrected chi connectivity index (χ0v) is 9.81. The zero-order valence-electron chi connectivity index (χ0n) is 9.81. The van der Waals surface area contributed by atoms with Crippen LogP contribution in [0.5, 0.6) is 17.2 Å². The van der Waals surface area contributed by atoms with Crippen molar-refractivity contribution >= 4 is 0 Å². The summed E-state index contributed by atoms with van der Waals surface area (Å²) in [5.74, 6) is 1.85. The van der Waals surface area contributed by atoms with Gasteiger partial charge in [0.15, 0.2) is 11.5 Å². The normalized spacial score (nSPS) is 16.2. The number of benzene rings is 1. The second kappa shape index (κ2) is 5.25. The highest BCUT2D eigenvalue weighted by Gasteiger charge is 2.23. The molecule has 0 saturated heterocycles. The van der Waals surface area contributed by atoms with Gasteiger partial charge in [-0.05, 0) is 12.1 Å². The number of methoxy groups -OCH3 is 1. The van der Waals surface area contributed by atoms with Gasteiger partial charge in [0.05, 0.1) is 38.5 Å². The molecule has 1 unspecified atom stereocenters. The van der Waals surface area contributed by atoms with E-state index in [4.69, 9.17) is 19.9 Å². The average Bonchev–Trinajstić information content (AvgIpc) is 2.61. The van der Waals surface area contributed by atoms with E-state index in [2.05, 4.69) is 0 Å². The summed E-state index contributed by atoms with van der Waals surface area (Å²) in [5, 5.41) is 9.20.